The fourth-order valence-corrected chi connectivity index (χ4v) is 2.08. The lowest BCUT2D eigenvalue weighted by Gasteiger charge is -2.08. The van der Waals surface area contributed by atoms with Crippen LogP contribution in [0.5, 0.6) is 5.75 Å². The van der Waals surface area contributed by atoms with Gasteiger partial charge in [-0.1, -0.05) is 42.0 Å². The maximum absolute atomic E-state index is 12.3. The second-order valence-electron chi connectivity index (χ2n) is 4.61. The van der Waals surface area contributed by atoms with Crippen LogP contribution in [0.1, 0.15) is 27.9 Å². The van der Waals surface area contributed by atoms with Gasteiger partial charge in [0.25, 0.3) is 0 Å². The SMILES string of the molecule is COc1ccc(C)cc1C(=O)CCc1ccccc1. The van der Waals surface area contributed by atoms with Crippen LogP contribution < -0.4 is 4.74 Å². The topological polar surface area (TPSA) is 26.3 Å². The minimum atomic E-state index is 0.129. The van der Waals surface area contributed by atoms with E-state index >= 15 is 0 Å². The highest BCUT2D eigenvalue weighted by molar-refractivity contribution is 5.99. The molecule has 0 unspecified atom stereocenters. The van der Waals surface area contributed by atoms with E-state index in [1.54, 1.807) is 7.11 Å². The Balaban J connectivity index is 2.10. The fourth-order valence-electron chi connectivity index (χ4n) is 2.08. The molecule has 0 saturated carbocycles. The highest BCUT2D eigenvalue weighted by Gasteiger charge is 2.12. The molecule has 0 bridgehead atoms. The average Bonchev–Trinajstić information content (AvgIpc) is 2.46. The molecule has 2 nitrogen and oxygen atoms in total. The van der Waals surface area contributed by atoms with Gasteiger partial charge in [0.1, 0.15) is 5.75 Å². The molecule has 2 aromatic carbocycles. The maximum atomic E-state index is 12.3. The molecule has 0 atom stereocenters. The standard InChI is InChI=1S/C17H18O2/c1-13-8-11-17(19-2)15(12-13)16(18)10-9-14-6-4-3-5-7-14/h3-8,11-12H,9-10H2,1-2H3. The van der Waals surface area contributed by atoms with Gasteiger partial charge in [0, 0.05) is 6.42 Å². The Hall–Kier alpha value is -2.09. The molecule has 2 aromatic rings. The summed E-state index contributed by atoms with van der Waals surface area (Å²) < 4.78 is 5.25. The second kappa shape index (κ2) is 6.19. The van der Waals surface area contributed by atoms with E-state index in [0.717, 1.165) is 12.0 Å². The third-order valence-electron chi connectivity index (χ3n) is 3.14. The van der Waals surface area contributed by atoms with Crippen LogP contribution in [-0.2, 0) is 6.42 Å². The van der Waals surface area contributed by atoms with Crippen LogP contribution in [0.4, 0.5) is 0 Å². The number of hydrogen-bond acceptors (Lipinski definition) is 2. The van der Waals surface area contributed by atoms with Gasteiger partial charge in [-0.3, -0.25) is 4.79 Å². The molecule has 0 N–H and O–H groups in total. The van der Waals surface area contributed by atoms with Crippen LogP contribution in [-0.4, -0.2) is 12.9 Å². The zero-order chi connectivity index (χ0) is 13.7. The molecule has 19 heavy (non-hydrogen) atoms. The van der Waals surface area contributed by atoms with E-state index in [1.807, 2.05) is 55.5 Å². The first-order chi connectivity index (χ1) is 9.20. The van der Waals surface area contributed by atoms with E-state index in [-0.39, 0.29) is 5.78 Å². The van der Waals surface area contributed by atoms with Crippen molar-refractivity contribution in [3.63, 3.8) is 0 Å². The molecule has 0 amide bonds. The first-order valence-electron chi connectivity index (χ1n) is 6.42. The van der Waals surface area contributed by atoms with Gasteiger partial charge < -0.3 is 4.74 Å². The molecule has 0 saturated heterocycles. The number of benzene rings is 2. The number of carbonyl (C=O) groups excluding carboxylic acids is 1. The zero-order valence-electron chi connectivity index (χ0n) is 11.3. The molecule has 0 fully saturated rings. The maximum Gasteiger partial charge on any atom is 0.166 e. The fraction of sp³-hybridized carbons (Fsp3) is 0.235. The van der Waals surface area contributed by atoms with Gasteiger partial charge in [-0.25, -0.2) is 0 Å². The normalized spacial score (nSPS) is 10.2. The number of rotatable bonds is 5. The van der Waals surface area contributed by atoms with E-state index in [2.05, 4.69) is 0 Å². The van der Waals surface area contributed by atoms with Crippen LogP contribution >= 0.6 is 0 Å². The van der Waals surface area contributed by atoms with E-state index in [9.17, 15) is 4.79 Å². The van der Waals surface area contributed by atoms with Crippen molar-refractivity contribution in [2.45, 2.75) is 19.8 Å². The third kappa shape index (κ3) is 3.44. The average molecular weight is 254 g/mol. The molecule has 0 aliphatic carbocycles. The Kier molecular flexibility index (Phi) is 4.35. The van der Waals surface area contributed by atoms with E-state index in [0.29, 0.717) is 17.7 Å². The third-order valence-corrected chi connectivity index (χ3v) is 3.14. The molecule has 0 aliphatic heterocycles. The van der Waals surface area contributed by atoms with E-state index in [4.69, 9.17) is 4.74 Å². The second-order valence-corrected chi connectivity index (χ2v) is 4.61. The summed E-state index contributed by atoms with van der Waals surface area (Å²) in [6.07, 6.45) is 1.26. The number of methoxy groups -OCH3 is 1. The van der Waals surface area contributed by atoms with Gasteiger partial charge >= 0.3 is 0 Å². The van der Waals surface area contributed by atoms with Gasteiger partial charge in [-0.2, -0.15) is 0 Å². The van der Waals surface area contributed by atoms with Gasteiger partial charge in [-0.05, 0) is 31.0 Å². The van der Waals surface area contributed by atoms with Crippen molar-refractivity contribution < 1.29 is 9.53 Å². The minimum absolute atomic E-state index is 0.129. The molecule has 2 heteroatoms. The van der Waals surface area contributed by atoms with Crippen molar-refractivity contribution >= 4 is 5.78 Å². The van der Waals surface area contributed by atoms with Crippen molar-refractivity contribution in [3.8, 4) is 5.75 Å². The summed E-state index contributed by atoms with van der Waals surface area (Å²) in [6.45, 7) is 1.98. The minimum Gasteiger partial charge on any atom is -0.496 e. The van der Waals surface area contributed by atoms with E-state index < -0.39 is 0 Å². The van der Waals surface area contributed by atoms with Crippen LogP contribution in [0.15, 0.2) is 48.5 Å². The summed E-state index contributed by atoms with van der Waals surface area (Å²) in [5, 5.41) is 0. The van der Waals surface area contributed by atoms with Gasteiger partial charge in [0.2, 0.25) is 0 Å². The summed E-state index contributed by atoms with van der Waals surface area (Å²) in [7, 11) is 1.60. The van der Waals surface area contributed by atoms with Crippen LogP contribution in [0.25, 0.3) is 0 Å². The molecular weight excluding hydrogens is 236 g/mol. The predicted octanol–water partition coefficient (Wildman–Crippen LogP) is 3.82. The summed E-state index contributed by atoms with van der Waals surface area (Å²) in [6, 6.07) is 15.8. The molecule has 0 heterocycles. The Labute approximate surface area is 114 Å². The number of carbonyl (C=O) groups is 1. The molecule has 0 aliphatic rings. The molecule has 0 spiro atoms. The smallest absolute Gasteiger partial charge is 0.166 e. The van der Waals surface area contributed by atoms with Gasteiger partial charge in [0.15, 0.2) is 5.78 Å². The Morgan fingerprint density at radius 3 is 2.53 bits per heavy atom. The highest BCUT2D eigenvalue weighted by Crippen LogP contribution is 2.21. The lowest BCUT2D eigenvalue weighted by Crippen LogP contribution is -2.04. The van der Waals surface area contributed by atoms with Crippen molar-refractivity contribution in [1.29, 1.82) is 0 Å². The molecule has 2 rings (SSSR count). The van der Waals surface area contributed by atoms with Crippen LogP contribution in [0.3, 0.4) is 0 Å². The molecule has 98 valence electrons. The summed E-state index contributed by atoms with van der Waals surface area (Å²) in [5.41, 5.74) is 2.93. The number of Topliss-reactive ketones (excluding diaryl/α,β-unsaturated/α-hetero) is 1. The Bertz CT molecular complexity index is 559. The van der Waals surface area contributed by atoms with Gasteiger partial charge in [0.05, 0.1) is 12.7 Å². The number of ketones is 1. The molecule has 0 aromatic heterocycles. The van der Waals surface area contributed by atoms with Crippen molar-refractivity contribution in [2.24, 2.45) is 0 Å². The summed E-state index contributed by atoms with van der Waals surface area (Å²) in [4.78, 5) is 12.3. The van der Waals surface area contributed by atoms with Crippen molar-refractivity contribution in [2.75, 3.05) is 7.11 Å². The highest BCUT2D eigenvalue weighted by atomic mass is 16.5. The van der Waals surface area contributed by atoms with Crippen LogP contribution in [0.2, 0.25) is 0 Å². The van der Waals surface area contributed by atoms with Crippen molar-refractivity contribution in [1.82, 2.24) is 0 Å². The lowest BCUT2D eigenvalue weighted by molar-refractivity contribution is 0.0980. The first-order valence-corrected chi connectivity index (χ1v) is 6.42. The quantitative estimate of drug-likeness (QED) is 0.758. The predicted molar refractivity (Wildman–Crippen MR) is 76.8 cm³/mol. The molecule has 0 radical (unpaired) electrons. The zero-order valence-corrected chi connectivity index (χ0v) is 11.3. The summed E-state index contributed by atoms with van der Waals surface area (Å²) in [5.74, 6) is 0.785. The summed E-state index contributed by atoms with van der Waals surface area (Å²) >= 11 is 0. The lowest BCUT2D eigenvalue weighted by atomic mass is 10.0. The number of hydrogen-bond donors (Lipinski definition) is 0. The monoisotopic (exact) mass is 254 g/mol. The number of ether oxygens (including phenoxy) is 1. The number of aryl methyl sites for hydroxylation is 2. The molecular formula is C17H18O2. The van der Waals surface area contributed by atoms with Crippen LogP contribution in [0, 0.1) is 6.92 Å². The Morgan fingerprint density at radius 1 is 1.11 bits per heavy atom. The van der Waals surface area contributed by atoms with E-state index in [1.165, 1.54) is 5.56 Å². The largest absolute Gasteiger partial charge is 0.496 e. The van der Waals surface area contributed by atoms with Gasteiger partial charge in [-0.15, -0.1) is 0 Å². The Morgan fingerprint density at radius 2 is 1.84 bits per heavy atom. The first kappa shape index (κ1) is 13.3. The van der Waals surface area contributed by atoms with Crippen molar-refractivity contribution in [3.05, 3.63) is 65.2 Å².